The standard InChI is InChI=1S/C11H19N3OS/c1-8(2)16-7-9(12-3)10-11(15-4)14-6-5-13-10/h5-6,8-9,12H,7H2,1-4H3. The lowest BCUT2D eigenvalue weighted by Crippen LogP contribution is -2.21. The molecule has 0 amide bonds. The maximum absolute atomic E-state index is 5.21. The van der Waals surface area contributed by atoms with E-state index < -0.39 is 0 Å². The highest BCUT2D eigenvalue weighted by Crippen LogP contribution is 2.24. The zero-order chi connectivity index (χ0) is 12.0. The Labute approximate surface area is 101 Å². The van der Waals surface area contributed by atoms with Crippen LogP contribution in [0, 0.1) is 0 Å². The molecule has 0 aliphatic rings. The van der Waals surface area contributed by atoms with Gasteiger partial charge >= 0.3 is 0 Å². The molecule has 5 heteroatoms. The number of nitrogens with one attached hydrogen (secondary N) is 1. The molecule has 1 aromatic rings. The fraction of sp³-hybridized carbons (Fsp3) is 0.636. The van der Waals surface area contributed by atoms with Crippen molar-refractivity contribution in [2.75, 3.05) is 19.9 Å². The number of hydrogen-bond acceptors (Lipinski definition) is 5. The van der Waals surface area contributed by atoms with Crippen LogP contribution in [-0.2, 0) is 0 Å². The number of rotatable bonds is 6. The van der Waals surface area contributed by atoms with E-state index >= 15 is 0 Å². The van der Waals surface area contributed by atoms with E-state index in [2.05, 4.69) is 29.1 Å². The van der Waals surface area contributed by atoms with Crippen LogP contribution in [0.2, 0.25) is 0 Å². The van der Waals surface area contributed by atoms with Crippen molar-refractivity contribution in [3.63, 3.8) is 0 Å². The number of hydrogen-bond donors (Lipinski definition) is 1. The first-order valence-corrected chi connectivity index (χ1v) is 6.37. The summed E-state index contributed by atoms with van der Waals surface area (Å²) in [5.41, 5.74) is 0.876. The largest absolute Gasteiger partial charge is 0.480 e. The second-order valence-electron chi connectivity index (χ2n) is 3.67. The van der Waals surface area contributed by atoms with Gasteiger partial charge in [0, 0.05) is 18.1 Å². The Morgan fingerprint density at radius 1 is 1.38 bits per heavy atom. The Balaban J connectivity index is 2.77. The zero-order valence-electron chi connectivity index (χ0n) is 10.2. The maximum Gasteiger partial charge on any atom is 0.237 e. The van der Waals surface area contributed by atoms with Crippen LogP contribution in [0.15, 0.2) is 12.4 Å². The van der Waals surface area contributed by atoms with Crippen molar-refractivity contribution in [1.82, 2.24) is 15.3 Å². The first-order valence-electron chi connectivity index (χ1n) is 5.32. The molecule has 0 aliphatic heterocycles. The molecule has 1 aromatic heterocycles. The van der Waals surface area contributed by atoms with Crippen LogP contribution >= 0.6 is 11.8 Å². The summed E-state index contributed by atoms with van der Waals surface area (Å²) in [4.78, 5) is 8.49. The molecule has 1 atom stereocenters. The minimum absolute atomic E-state index is 0.177. The highest BCUT2D eigenvalue weighted by Gasteiger charge is 2.17. The van der Waals surface area contributed by atoms with E-state index in [0.717, 1.165) is 11.4 Å². The van der Waals surface area contributed by atoms with Crippen molar-refractivity contribution in [3.05, 3.63) is 18.1 Å². The van der Waals surface area contributed by atoms with Gasteiger partial charge in [-0.2, -0.15) is 11.8 Å². The van der Waals surface area contributed by atoms with Crippen molar-refractivity contribution in [2.24, 2.45) is 0 Å². The molecule has 1 rings (SSSR count). The summed E-state index contributed by atoms with van der Waals surface area (Å²) in [7, 11) is 3.55. The monoisotopic (exact) mass is 241 g/mol. The molecule has 0 aromatic carbocycles. The van der Waals surface area contributed by atoms with Crippen LogP contribution in [0.1, 0.15) is 25.6 Å². The normalized spacial score (nSPS) is 12.8. The minimum Gasteiger partial charge on any atom is -0.480 e. The average Bonchev–Trinajstić information content (AvgIpc) is 2.30. The van der Waals surface area contributed by atoms with E-state index in [1.165, 1.54) is 0 Å². The number of thioether (sulfide) groups is 1. The van der Waals surface area contributed by atoms with Gasteiger partial charge in [-0.25, -0.2) is 4.98 Å². The van der Waals surface area contributed by atoms with E-state index in [4.69, 9.17) is 4.74 Å². The third kappa shape index (κ3) is 3.64. The second-order valence-corrected chi connectivity index (χ2v) is 5.28. The smallest absolute Gasteiger partial charge is 0.237 e. The van der Waals surface area contributed by atoms with Crippen LogP contribution in [0.5, 0.6) is 5.88 Å². The van der Waals surface area contributed by atoms with E-state index in [1.54, 1.807) is 19.5 Å². The summed E-state index contributed by atoms with van der Waals surface area (Å²) >= 11 is 1.89. The van der Waals surface area contributed by atoms with Gasteiger partial charge in [-0.3, -0.25) is 4.98 Å². The third-order valence-corrected chi connectivity index (χ3v) is 3.35. The quantitative estimate of drug-likeness (QED) is 0.824. The highest BCUT2D eigenvalue weighted by atomic mass is 32.2. The van der Waals surface area contributed by atoms with E-state index in [0.29, 0.717) is 11.1 Å². The molecular weight excluding hydrogens is 222 g/mol. The number of methoxy groups -OCH3 is 1. The Kier molecular flexibility index (Phi) is 5.55. The van der Waals surface area contributed by atoms with Crippen LogP contribution in [-0.4, -0.2) is 35.1 Å². The van der Waals surface area contributed by atoms with Crippen molar-refractivity contribution in [2.45, 2.75) is 25.1 Å². The lowest BCUT2D eigenvalue weighted by atomic mass is 10.2. The van der Waals surface area contributed by atoms with Crippen LogP contribution in [0.25, 0.3) is 0 Å². The molecule has 1 unspecified atom stereocenters. The fourth-order valence-electron chi connectivity index (χ4n) is 1.32. The molecule has 0 saturated heterocycles. The summed E-state index contributed by atoms with van der Waals surface area (Å²) in [6, 6.07) is 0.177. The summed E-state index contributed by atoms with van der Waals surface area (Å²) in [5, 5.41) is 3.85. The van der Waals surface area contributed by atoms with Crippen molar-refractivity contribution in [1.29, 1.82) is 0 Å². The van der Waals surface area contributed by atoms with E-state index in [1.807, 2.05) is 18.8 Å². The van der Waals surface area contributed by atoms with Gasteiger partial charge in [0.05, 0.1) is 13.2 Å². The Hall–Kier alpha value is -0.810. The number of aromatic nitrogens is 2. The first kappa shape index (κ1) is 13.3. The van der Waals surface area contributed by atoms with Crippen LogP contribution in [0.4, 0.5) is 0 Å². The highest BCUT2D eigenvalue weighted by molar-refractivity contribution is 7.99. The zero-order valence-corrected chi connectivity index (χ0v) is 11.0. The molecule has 1 N–H and O–H groups in total. The Morgan fingerprint density at radius 2 is 2.06 bits per heavy atom. The molecule has 0 fully saturated rings. The van der Waals surface area contributed by atoms with E-state index in [9.17, 15) is 0 Å². The first-order chi connectivity index (χ1) is 7.69. The van der Waals surface area contributed by atoms with Gasteiger partial charge in [-0.1, -0.05) is 13.8 Å². The third-order valence-electron chi connectivity index (χ3n) is 2.16. The predicted octanol–water partition coefficient (Wildman–Crippen LogP) is 1.89. The SMILES string of the molecule is CNC(CSC(C)C)c1nccnc1OC. The molecule has 0 saturated carbocycles. The molecule has 16 heavy (non-hydrogen) atoms. The van der Waals surface area contributed by atoms with Crippen molar-refractivity contribution < 1.29 is 4.74 Å². The lowest BCUT2D eigenvalue weighted by Gasteiger charge is -2.17. The molecule has 1 heterocycles. The summed E-state index contributed by atoms with van der Waals surface area (Å²) in [5.74, 6) is 1.56. The second kappa shape index (κ2) is 6.70. The summed E-state index contributed by atoms with van der Waals surface area (Å²) < 4.78 is 5.21. The van der Waals surface area contributed by atoms with Gasteiger partial charge in [-0.15, -0.1) is 0 Å². The average molecular weight is 241 g/mol. The van der Waals surface area contributed by atoms with Gasteiger partial charge in [0.15, 0.2) is 0 Å². The molecule has 0 bridgehead atoms. The minimum atomic E-state index is 0.177. The number of nitrogens with zero attached hydrogens (tertiary/aromatic N) is 2. The van der Waals surface area contributed by atoms with Gasteiger partial charge in [0.25, 0.3) is 0 Å². The van der Waals surface area contributed by atoms with Gasteiger partial charge in [-0.05, 0) is 12.3 Å². The lowest BCUT2D eigenvalue weighted by molar-refractivity contribution is 0.382. The maximum atomic E-state index is 5.21. The molecule has 0 aliphatic carbocycles. The Bertz CT molecular complexity index is 320. The molecule has 90 valence electrons. The van der Waals surface area contributed by atoms with Crippen molar-refractivity contribution in [3.8, 4) is 5.88 Å². The molecule has 4 nitrogen and oxygen atoms in total. The summed E-state index contributed by atoms with van der Waals surface area (Å²) in [6.45, 7) is 4.37. The topological polar surface area (TPSA) is 47.0 Å². The van der Waals surface area contributed by atoms with Crippen LogP contribution < -0.4 is 10.1 Å². The molecule has 0 spiro atoms. The fourth-order valence-corrected chi connectivity index (χ4v) is 2.22. The molecule has 0 radical (unpaired) electrons. The van der Waals surface area contributed by atoms with E-state index in [-0.39, 0.29) is 6.04 Å². The van der Waals surface area contributed by atoms with Crippen LogP contribution in [0.3, 0.4) is 0 Å². The predicted molar refractivity (Wildman–Crippen MR) is 68.0 cm³/mol. The van der Waals surface area contributed by atoms with Gasteiger partial charge in [0.1, 0.15) is 5.69 Å². The molecular formula is C11H19N3OS. The van der Waals surface area contributed by atoms with Gasteiger partial charge in [0.2, 0.25) is 5.88 Å². The number of ether oxygens (including phenoxy) is 1. The summed E-state index contributed by atoms with van der Waals surface area (Å²) in [6.07, 6.45) is 3.34. The van der Waals surface area contributed by atoms with Gasteiger partial charge < -0.3 is 10.1 Å². The van der Waals surface area contributed by atoms with Crippen molar-refractivity contribution >= 4 is 11.8 Å². The Morgan fingerprint density at radius 3 is 2.62 bits per heavy atom.